The fourth-order valence-corrected chi connectivity index (χ4v) is 33.2. The van der Waals surface area contributed by atoms with E-state index in [2.05, 4.69) is 115 Å². The van der Waals surface area contributed by atoms with Crippen LogP contribution in [0.3, 0.4) is 0 Å². The summed E-state index contributed by atoms with van der Waals surface area (Å²) in [7, 11) is -3.40. The van der Waals surface area contributed by atoms with Crippen LogP contribution in [0.25, 0.3) is 0 Å². The molecular formula is C25H46N2P4. The van der Waals surface area contributed by atoms with Crippen LogP contribution in [0.4, 0.5) is 0 Å². The minimum Gasteiger partial charge on any atom is -0.255 e. The molecule has 0 bridgehead atoms. The lowest BCUT2D eigenvalue weighted by Gasteiger charge is -2.59. The van der Waals surface area contributed by atoms with Crippen LogP contribution < -0.4 is 0 Å². The maximum atomic E-state index is 3.11. The average molecular weight is 499 g/mol. The van der Waals surface area contributed by atoms with E-state index in [0.717, 1.165) is 11.3 Å². The van der Waals surface area contributed by atoms with Gasteiger partial charge in [-0.1, -0.05) is 24.3 Å². The molecule has 6 unspecified atom stereocenters. The number of hydrogen-bond donors (Lipinski definition) is 0. The Labute approximate surface area is 196 Å². The summed E-state index contributed by atoms with van der Waals surface area (Å²) in [4.78, 5) is 0.292. The van der Waals surface area contributed by atoms with Gasteiger partial charge < -0.3 is 0 Å². The van der Waals surface area contributed by atoms with Crippen molar-refractivity contribution >= 4 is 40.8 Å². The molecule has 0 spiro atoms. The first-order valence-corrected chi connectivity index (χ1v) is 19.9. The molecule has 0 fully saturated rings. The van der Waals surface area contributed by atoms with Gasteiger partial charge in [0.15, 0.2) is 0 Å². The van der Waals surface area contributed by atoms with Crippen molar-refractivity contribution in [3.8, 4) is 0 Å². The Balaban J connectivity index is 2.05. The average Bonchev–Trinajstić information content (AvgIpc) is 3.33. The lowest BCUT2D eigenvalue weighted by atomic mass is 10.1. The number of allylic oxidation sites excluding steroid dienone is 4. The van der Waals surface area contributed by atoms with Crippen molar-refractivity contribution in [1.82, 2.24) is 8.88 Å². The highest BCUT2D eigenvalue weighted by Gasteiger charge is 2.62. The molecule has 0 radical (unpaired) electrons. The topological polar surface area (TPSA) is 6.48 Å². The summed E-state index contributed by atoms with van der Waals surface area (Å²) in [6, 6.07) is 0. The van der Waals surface area contributed by atoms with Crippen molar-refractivity contribution in [2.75, 3.05) is 26.7 Å². The van der Waals surface area contributed by atoms with Gasteiger partial charge >= 0.3 is 0 Å². The molecule has 31 heavy (non-hydrogen) atoms. The molecule has 0 amide bonds. The number of rotatable bonds is 2. The molecule has 2 aliphatic carbocycles. The standard InChI is InChI=1S/C25H46N2P4/c1-23(2,3)26-28(9)19-15-13-17-21(19)30(26,11)25(7,8)31(12)22-18-14-16-20(22)29(10)27(31)24(4,5)6/h13-16,19-20H,17-18H2,1-12H3. The van der Waals surface area contributed by atoms with Crippen molar-refractivity contribution in [1.29, 1.82) is 0 Å². The van der Waals surface area contributed by atoms with Crippen LogP contribution >= 0.6 is 30.2 Å². The van der Waals surface area contributed by atoms with Gasteiger partial charge in [0.25, 0.3) is 0 Å². The lowest BCUT2D eigenvalue weighted by molar-refractivity contribution is 0.382. The Morgan fingerprint density at radius 3 is 1.32 bits per heavy atom. The second kappa shape index (κ2) is 7.43. The molecule has 6 heteroatoms. The van der Waals surface area contributed by atoms with Crippen LogP contribution in [0.5, 0.6) is 0 Å². The molecule has 2 aliphatic heterocycles. The summed E-state index contributed by atoms with van der Waals surface area (Å²) < 4.78 is 6.22. The highest BCUT2D eigenvalue weighted by Crippen LogP contribution is 2.90. The van der Waals surface area contributed by atoms with E-state index in [9.17, 15) is 0 Å². The Bertz CT molecular complexity index is 881. The fraction of sp³-hybridized carbons (Fsp3) is 0.760. The second-order valence-electron chi connectivity index (χ2n) is 12.6. The maximum absolute atomic E-state index is 3.11. The molecule has 6 atom stereocenters. The number of hydrogen-bond acceptors (Lipinski definition) is 2. The van der Waals surface area contributed by atoms with E-state index in [1.165, 1.54) is 12.8 Å². The zero-order valence-electron chi connectivity index (χ0n) is 22.1. The minimum atomic E-state index is -1.53. The van der Waals surface area contributed by atoms with Gasteiger partial charge in [-0.3, -0.25) is 8.88 Å². The van der Waals surface area contributed by atoms with Gasteiger partial charge in [-0.2, -0.15) is 0 Å². The molecule has 2 nitrogen and oxygen atoms in total. The predicted octanol–water partition coefficient (Wildman–Crippen LogP) is 8.13. The van der Waals surface area contributed by atoms with Gasteiger partial charge in [-0.15, -0.1) is 0 Å². The molecule has 0 saturated carbocycles. The third-order valence-corrected chi connectivity index (χ3v) is 30.3. The molecule has 0 aromatic rings. The van der Waals surface area contributed by atoms with E-state index in [4.69, 9.17) is 0 Å². The molecule has 0 saturated heterocycles. The summed E-state index contributed by atoms with van der Waals surface area (Å²) in [5.74, 6) is 0. The van der Waals surface area contributed by atoms with Crippen LogP contribution in [0, 0.1) is 0 Å². The molecular weight excluding hydrogens is 452 g/mol. The smallest absolute Gasteiger partial charge is 0.0333 e. The SMILES string of the molecule is CP1C2C=CCC2=P(C)(C(C)(C)P2(C)=C3CC=CC3P(C)N2C(C)(C)C)N1C(C)(C)C. The molecule has 0 aromatic heterocycles. The highest BCUT2D eigenvalue weighted by atomic mass is 31.3. The maximum Gasteiger partial charge on any atom is 0.0333 e. The Morgan fingerprint density at radius 1 is 0.710 bits per heavy atom. The monoisotopic (exact) mass is 498 g/mol. The summed E-state index contributed by atoms with van der Waals surface area (Å²) >= 11 is 0. The molecule has 4 rings (SSSR count). The van der Waals surface area contributed by atoms with Crippen LogP contribution in [-0.4, -0.2) is 73.4 Å². The third kappa shape index (κ3) is 3.11. The van der Waals surface area contributed by atoms with Gasteiger partial charge in [0.1, 0.15) is 0 Å². The van der Waals surface area contributed by atoms with Crippen molar-refractivity contribution in [3.63, 3.8) is 0 Å². The van der Waals surface area contributed by atoms with Gasteiger partial charge in [-0.05, 0) is 136 Å². The third-order valence-electron chi connectivity index (χ3n) is 8.58. The number of nitrogens with zero attached hydrogens (tertiary/aromatic N) is 2. The summed E-state index contributed by atoms with van der Waals surface area (Å²) in [6.45, 7) is 31.1. The Hall–Kier alpha value is 0.860. The van der Waals surface area contributed by atoms with Crippen LogP contribution in [-0.2, 0) is 0 Å². The van der Waals surface area contributed by atoms with E-state index in [1.807, 2.05) is 10.6 Å². The van der Waals surface area contributed by atoms with Gasteiger partial charge in [0.2, 0.25) is 0 Å². The van der Waals surface area contributed by atoms with Crippen molar-refractivity contribution < 1.29 is 0 Å². The Kier molecular flexibility index (Phi) is 5.98. The molecule has 0 N–H and O–H groups in total. The molecule has 4 aliphatic rings. The van der Waals surface area contributed by atoms with E-state index >= 15 is 0 Å². The second-order valence-corrected chi connectivity index (χ2v) is 25.8. The van der Waals surface area contributed by atoms with Gasteiger partial charge in [0, 0.05) is 27.3 Å². The lowest BCUT2D eigenvalue weighted by Crippen LogP contribution is -2.44. The van der Waals surface area contributed by atoms with Gasteiger partial charge in [0.05, 0.1) is 0 Å². The number of fused-ring (bicyclic) bond motifs is 2. The van der Waals surface area contributed by atoms with E-state index < -0.39 is 14.1 Å². The fourth-order valence-electron chi connectivity index (χ4n) is 7.39. The zero-order valence-corrected chi connectivity index (χ0v) is 25.6. The first-order valence-electron chi connectivity index (χ1n) is 11.9. The minimum absolute atomic E-state index is 0.175. The van der Waals surface area contributed by atoms with Gasteiger partial charge in [-0.25, -0.2) is 0 Å². The van der Waals surface area contributed by atoms with Crippen LogP contribution in [0.2, 0.25) is 0 Å². The first-order chi connectivity index (χ1) is 14.0. The highest BCUT2D eigenvalue weighted by molar-refractivity contribution is 7.99. The largest absolute Gasteiger partial charge is 0.255 e. The Morgan fingerprint density at radius 2 is 1.03 bits per heavy atom. The zero-order chi connectivity index (χ0) is 23.4. The normalized spacial score (nSPS) is 41.5. The van der Waals surface area contributed by atoms with E-state index in [1.54, 1.807) is 0 Å². The summed E-state index contributed by atoms with van der Waals surface area (Å²) in [5.41, 5.74) is 1.86. The quantitative estimate of drug-likeness (QED) is 0.280. The molecule has 0 aromatic carbocycles. The predicted molar refractivity (Wildman–Crippen MR) is 154 cm³/mol. The molecule has 2 heterocycles. The van der Waals surface area contributed by atoms with E-state index in [0.29, 0.717) is 4.90 Å². The summed E-state index contributed by atoms with van der Waals surface area (Å²) in [6.07, 6.45) is 12.6. The molecule has 176 valence electrons. The van der Waals surface area contributed by atoms with E-state index in [-0.39, 0.29) is 27.2 Å². The van der Waals surface area contributed by atoms with Crippen molar-refractivity contribution in [2.45, 2.75) is 95.5 Å². The van der Waals surface area contributed by atoms with Crippen molar-refractivity contribution in [3.05, 3.63) is 24.3 Å². The first kappa shape index (κ1) is 25.0. The summed E-state index contributed by atoms with van der Waals surface area (Å²) in [5, 5.41) is 3.85. The van der Waals surface area contributed by atoms with Crippen LogP contribution in [0.1, 0.15) is 68.2 Å². The van der Waals surface area contributed by atoms with Crippen LogP contribution in [0.15, 0.2) is 24.3 Å². The van der Waals surface area contributed by atoms with Crippen molar-refractivity contribution in [2.24, 2.45) is 0 Å².